The Labute approximate surface area is 113 Å². The van der Waals surface area contributed by atoms with Crippen LogP contribution in [-0.4, -0.2) is 24.7 Å². The first-order valence-electron chi connectivity index (χ1n) is 6.47. The van der Waals surface area contributed by atoms with Crippen molar-refractivity contribution in [3.05, 3.63) is 18.2 Å². The van der Waals surface area contributed by atoms with Crippen LogP contribution in [0.15, 0.2) is 18.2 Å². The van der Waals surface area contributed by atoms with Gasteiger partial charge in [0.1, 0.15) is 5.75 Å². The largest absolute Gasteiger partial charge is 0.497 e. The van der Waals surface area contributed by atoms with Crippen molar-refractivity contribution < 1.29 is 4.74 Å². The van der Waals surface area contributed by atoms with E-state index in [4.69, 9.17) is 10.5 Å². The molecular weight excluding hydrogens is 244 g/mol. The molecule has 0 amide bonds. The third-order valence-electron chi connectivity index (χ3n) is 3.61. The molecule has 0 saturated heterocycles. The highest BCUT2D eigenvalue weighted by atomic mass is 32.2. The lowest BCUT2D eigenvalue weighted by atomic mass is 9.94. The molecular formula is C14H22N2OS. The lowest BCUT2D eigenvalue weighted by Gasteiger charge is -2.32. The lowest BCUT2D eigenvalue weighted by molar-refractivity contribution is 0.415. The fraction of sp³-hybridized carbons (Fsp3) is 0.571. The molecule has 18 heavy (non-hydrogen) atoms. The Kier molecular flexibility index (Phi) is 4.64. The van der Waals surface area contributed by atoms with Crippen molar-refractivity contribution in [2.75, 3.05) is 24.4 Å². The summed E-state index contributed by atoms with van der Waals surface area (Å²) in [7, 11) is 1.68. The van der Waals surface area contributed by atoms with Gasteiger partial charge in [0, 0.05) is 17.4 Å². The normalized spacial score (nSPS) is 23.7. The average Bonchev–Trinajstić information content (AvgIpc) is 2.42. The van der Waals surface area contributed by atoms with Crippen molar-refractivity contribution in [2.45, 2.75) is 37.0 Å². The van der Waals surface area contributed by atoms with Crippen LogP contribution in [0.25, 0.3) is 0 Å². The number of anilines is 2. The highest BCUT2D eigenvalue weighted by Gasteiger charge is 2.24. The summed E-state index contributed by atoms with van der Waals surface area (Å²) < 4.78 is 5.25. The summed E-state index contributed by atoms with van der Waals surface area (Å²) in [5.41, 5.74) is 7.82. The van der Waals surface area contributed by atoms with Gasteiger partial charge in [0.25, 0.3) is 0 Å². The third-order valence-corrected chi connectivity index (χ3v) is 4.78. The van der Waals surface area contributed by atoms with E-state index >= 15 is 0 Å². The predicted molar refractivity (Wildman–Crippen MR) is 80.6 cm³/mol. The summed E-state index contributed by atoms with van der Waals surface area (Å²) in [6, 6.07) is 6.30. The zero-order valence-corrected chi connectivity index (χ0v) is 11.9. The molecule has 2 atom stereocenters. The minimum Gasteiger partial charge on any atom is -0.497 e. The van der Waals surface area contributed by atoms with Gasteiger partial charge in [-0.15, -0.1) is 0 Å². The standard InChI is InChI=1S/C14H22N2OS/c1-17-10-7-8-11(15)13(9-10)16-12-5-3-4-6-14(12)18-2/h7-9,12,14,16H,3-6,15H2,1-2H3. The van der Waals surface area contributed by atoms with E-state index in [1.54, 1.807) is 7.11 Å². The second-order valence-electron chi connectivity index (χ2n) is 4.76. The van der Waals surface area contributed by atoms with Gasteiger partial charge in [-0.2, -0.15) is 11.8 Å². The van der Waals surface area contributed by atoms with E-state index in [0.717, 1.165) is 17.1 Å². The number of methoxy groups -OCH3 is 1. The molecule has 0 bridgehead atoms. The van der Waals surface area contributed by atoms with E-state index in [2.05, 4.69) is 11.6 Å². The molecule has 1 saturated carbocycles. The molecule has 1 aliphatic carbocycles. The summed E-state index contributed by atoms with van der Waals surface area (Å²) in [4.78, 5) is 0. The fourth-order valence-corrected chi connectivity index (χ4v) is 3.47. The van der Waals surface area contributed by atoms with Gasteiger partial charge >= 0.3 is 0 Å². The monoisotopic (exact) mass is 266 g/mol. The van der Waals surface area contributed by atoms with Gasteiger partial charge < -0.3 is 15.8 Å². The molecule has 0 spiro atoms. The second kappa shape index (κ2) is 6.23. The zero-order chi connectivity index (χ0) is 13.0. The van der Waals surface area contributed by atoms with Crippen molar-refractivity contribution >= 4 is 23.1 Å². The van der Waals surface area contributed by atoms with Crippen LogP contribution >= 0.6 is 11.8 Å². The number of benzene rings is 1. The Morgan fingerprint density at radius 3 is 2.83 bits per heavy atom. The SMILES string of the molecule is COc1ccc(N)c(NC2CCCCC2SC)c1. The third kappa shape index (κ3) is 3.05. The Morgan fingerprint density at radius 1 is 1.33 bits per heavy atom. The molecule has 1 aliphatic rings. The molecule has 0 heterocycles. The van der Waals surface area contributed by atoms with E-state index in [-0.39, 0.29) is 0 Å². The van der Waals surface area contributed by atoms with Crippen molar-refractivity contribution in [1.29, 1.82) is 0 Å². The first-order valence-corrected chi connectivity index (χ1v) is 7.76. The van der Waals surface area contributed by atoms with E-state index in [1.807, 2.05) is 30.0 Å². The molecule has 2 unspecified atom stereocenters. The van der Waals surface area contributed by atoms with Crippen molar-refractivity contribution in [1.82, 2.24) is 0 Å². The van der Waals surface area contributed by atoms with Crippen molar-refractivity contribution in [2.24, 2.45) is 0 Å². The molecule has 4 heteroatoms. The maximum absolute atomic E-state index is 6.02. The van der Waals surface area contributed by atoms with Crippen LogP contribution in [0, 0.1) is 0 Å². The Balaban J connectivity index is 2.11. The summed E-state index contributed by atoms with van der Waals surface area (Å²) in [6.07, 6.45) is 7.36. The van der Waals surface area contributed by atoms with Crippen molar-refractivity contribution in [3.8, 4) is 5.75 Å². The maximum atomic E-state index is 6.02. The van der Waals surface area contributed by atoms with Crippen LogP contribution in [0.1, 0.15) is 25.7 Å². The van der Waals surface area contributed by atoms with E-state index < -0.39 is 0 Å². The molecule has 0 radical (unpaired) electrons. The number of nitrogen functional groups attached to an aromatic ring is 1. The van der Waals surface area contributed by atoms with Crippen LogP contribution < -0.4 is 15.8 Å². The molecule has 2 rings (SSSR count). The van der Waals surface area contributed by atoms with Gasteiger partial charge in [-0.25, -0.2) is 0 Å². The minimum atomic E-state index is 0.517. The predicted octanol–water partition coefficient (Wildman–Crippen LogP) is 3.36. The van der Waals surface area contributed by atoms with Crippen molar-refractivity contribution in [3.63, 3.8) is 0 Å². The van der Waals surface area contributed by atoms with Crippen LogP contribution in [-0.2, 0) is 0 Å². The molecule has 100 valence electrons. The maximum Gasteiger partial charge on any atom is 0.121 e. The smallest absolute Gasteiger partial charge is 0.121 e. The Morgan fingerprint density at radius 2 is 2.11 bits per heavy atom. The fourth-order valence-electron chi connectivity index (χ4n) is 2.53. The quantitative estimate of drug-likeness (QED) is 0.820. The summed E-state index contributed by atoms with van der Waals surface area (Å²) in [5, 5.41) is 4.28. The highest BCUT2D eigenvalue weighted by Crippen LogP contribution is 2.32. The van der Waals surface area contributed by atoms with Gasteiger partial charge in [-0.1, -0.05) is 12.8 Å². The molecule has 1 fully saturated rings. The van der Waals surface area contributed by atoms with Gasteiger partial charge in [0.15, 0.2) is 0 Å². The number of hydrogen-bond donors (Lipinski definition) is 2. The number of thioether (sulfide) groups is 1. The van der Waals surface area contributed by atoms with Gasteiger partial charge in [-0.3, -0.25) is 0 Å². The van der Waals surface area contributed by atoms with Gasteiger partial charge in [0.05, 0.1) is 18.5 Å². The molecule has 3 N–H and O–H groups in total. The van der Waals surface area contributed by atoms with E-state index in [9.17, 15) is 0 Å². The minimum absolute atomic E-state index is 0.517. The van der Waals surface area contributed by atoms with Crippen LogP contribution in [0.3, 0.4) is 0 Å². The van der Waals surface area contributed by atoms with Gasteiger partial charge in [0.2, 0.25) is 0 Å². The first-order chi connectivity index (χ1) is 8.74. The average molecular weight is 266 g/mol. The van der Waals surface area contributed by atoms with E-state index in [1.165, 1.54) is 25.7 Å². The van der Waals surface area contributed by atoms with Gasteiger partial charge in [-0.05, 0) is 31.2 Å². The van der Waals surface area contributed by atoms with Crippen LogP contribution in [0.5, 0.6) is 5.75 Å². The number of ether oxygens (including phenoxy) is 1. The number of hydrogen-bond acceptors (Lipinski definition) is 4. The Bertz CT molecular complexity index is 397. The zero-order valence-electron chi connectivity index (χ0n) is 11.1. The van der Waals surface area contributed by atoms with Crippen LogP contribution in [0.2, 0.25) is 0 Å². The number of nitrogens with one attached hydrogen (secondary N) is 1. The molecule has 0 aromatic heterocycles. The molecule has 0 aliphatic heterocycles. The Hall–Kier alpha value is -1.03. The summed E-state index contributed by atoms with van der Waals surface area (Å²) in [6.45, 7) is 0. The molecule has 1 aromatic rings. The summed E-state index contributed by atoms with van der Waals surface area (Å²) >= 11 is 1.95. The number of rotatable bonds is 4. The topological polar surface area (TPSA) is 47.3 Å². The number of nitrogens with two attached hydrogens (primary N) is 1. The van der Waals surface area contributed by atoms with E-state index in [0.29, 0.717) is 11.3 Å². The summed E-state index contributed by atoms with van der Waals surface area (Å²) in [5.74, 6) is 0.850. The molecule has 1 aromatic carbocycles. The highest BCUT2D eigenvalue weighted by molar-refractivity contribution is 7.99. The first kappa shape index (κ1) is 13.4. The molecule has 3 nitrogen and oxygen atoms in total. The van der Waals surface area contributed by atoms with Crippen LogP contribution in [0.4, 0.5) is 11.4 Å². The lowest BCUT2D eigenvalue weighted by Crippen LogP contribution is -2.34. The second-order valence-corrected chi connectivity index (χ2v) is 5.84.